The van der Waals surface area contributed by atoms with Gasteiger partial charge in [-0.05, 0) is 37.1 Å². The number of nitrogens with zero attached hydrogens (tertiary/aromatic N) is 4. The largest absolute Gasteiger partial charge is 0.483 e. The quantitative estimate of drug-likeness (QED) is 0.180. The second-order valence-electron chi connectivity index (χ2n) is 8.10. The summed E-state index contributed by atoms with van der Waals surface area (Å²) >= 11 is 0. The van der Waals surface area contributed by atoms with E-state index < -0.39 is 30.7 Å². The van der Waals surface area contributed by atoms with Gasteiger partial charge in [0.05, 0.1) is 35.3 Å². The molecule has 4 aromatic heterocycles. The fourth-order valence-electron chi connectivity index (χ4n) is 3.69. The Labute approximate surface area is 211 Å². The summed E-state index contributed by atoms with van der Waals surface area (Å²) in [5, 5.41) is 20.5. The number of amides is 1. The molecule has 5 rings (SSSR count). The summed E-state index contributed by atoms with van der Waals surface area (Å²) in [5.41, 5.74) is 1.30. The third-order valence-corrected chi connectivity index (χ3v) is 5.48. The summed E-state index contributed by atoms with van der Waals surface area (Å²) in [6.45, 7) is -1.56. The van der Waals surface area contributed by atoms with Crippen LogP contribution in [0.25, 0.3) is 22.7 Å². The summed E-state index contributed by atoms with van der Waals surface area (Å²) in [7, 11) is 0. The Hall–Kier alpha value is -4.53. The molecule has 0 radical (unpaired) electrons. The summed E-state index contributed by atoms with van der Waals surface area (Å²) in [4.78, 5) is 25.0. The maximum Gasteiger partial charge on any atom is 0.411 e. The normalized spacial score (nSPS) is 16.7. The predicted octanol–water partition coefficient (Wildman–Crippen LogP) is 4.30. The van der Waals surface area contributed by atoms with Gasteiger partial charge in [-0.25, -0.2) is 4.98 Å². The molecule has 3 N–H and O–H groups in total. The summed E-state index contributed by atoms with van der Waals surface area (Å²) in [6.07, 6.45) is 0.369. The van der Waals surface area contributed by atoms with E-state index in [1.165, 1.54) is 35.1 Å². The van der Waals surface area contributed by atoms with Gasteiger partial charge in [0.25, 0.3) is 12.4 Å². The zero-order chi connectivity index (χ0) is 27.3. The van der Waals surface area contributed by atoms with Crippen molar-refractivity contribution in [3.05, 3.63) is 60.6 Å². The van der Waals surface area contributed by atoms with Crippen molar-refractivity contribution < 1.29 is 41.4 Å². The lowest BCUT2D eigenvalue weighted by Gasteiger charge is -2.35. The molecule has 11 nitrogen and oxygen atoms in total. The molecule has 1 saturated carbocycles. The first-order valence-corrected chi connectivity index (χ1v) is 11.1. The molecular weight excluding hydrogens is 516 g/mol. The van der Waals surface area contributed by atoms with Crippen LogP contribution in [0, 0.1) is 5.95 Å². The molecule has 0 saturated heterocycles. The SMILES string of the molecule is O=C(Nc1cn([C@H]2C[C@H](OCC(F)(F)F)C2)nc1-c1cccc(F)n1)c1ccc(-c2cn[nH]c2)o1.O=CO. The number of H-pyrrole nitrogens is 1. The first kappa shape index (κ1) is 26.5. The molecule has 1 fully saturated rings. The van der Waals surface area contributed by atoms with Crippen molar-refractivity contribution >= 4 is 18.1 Å². The van der Waals surface area contributed by atoms with Crippen molar-refractivity contribution in [1.82, 2.24) is 25.0 Å². The lowest BCUT2D eigenvalue weighted by Crippen LogP contribution is -2.36. The minimum atomic E-state index is -4.40. The van der Waals surface area contributed by atoms with Crippen molar-refractivity contribution in [2.45, 2.75) is 31.2 Å². The molecule has 0 aromatic carbocycles. The highest BCUT2D eigenvalue weighted by Crippen LogP contribution is 2.37. The van der Waals surface area contributed by atoms with Gasteiger partial charge in [-0.3, -0.25) is 19.4 Å². The number of furan rings is 1. The average molecular weight is 536 g/mol. The molecule has 4 aromatic rings. The fraction of sp³-hybridized carbons (Fsp3) is 0.261. The van der Waals surface area contributed by atoms with Crippen LogP contribution < -0.4 is 5.32 Å². The van der Waals surface area contributed by atoms with Gasteiger partial charge in [0.2, 0.25) is 5.95 Å². The topological polar surface area (TPSA) is 148 Å². The highest BCUT2D eigenvalue weighted by molar-refractivity contribution is 6.04. The van der Waals surface area contributed by atoms with Gasteiger partial charge in [-0.1, -0.05) is 6.07 Å². The van der Waals surface area contributed by atoms with E-state index in [-0.39, 0.29) is 35.3 Å². The fourth-order valence-corrected chi connectivity index (χ4v) is 3.69. The Bertz CT molecular complexity index is 1380. The number of hydrogen-bond acceptors (Lipinski definition) is 7. The Morgan fingerprint density at radius 2 is 2.05 bits per heavy atom. The zero-order valence-electron chi connectivity index (χ0n) is 19.4. The number of pyridine rings is 1. The maximum atomic E-state index is 13.8. The third kappa shape index (κ3) is 6.42. The van der Waals surface area contributed by atoms with Crippen LogP contribution in [0.15, 0.2) is 53.3 Å². The second kappa shape index (κ2) is 11.2. The van der Waals surface area contributed by atoms with Crippen LogP contribution in [0.5, 0.6) is 0 Å². The summed E-state index contributed by atoms with van der Waals surface area (Å²) < 4.78 is 62.9. The molecule has 1 aliphatic carbocycles. The van der Waals surface area contributed by atoms with E-state index in [0.717, 1.165) is 0 Å². The molecule has 38 heavy (non-hydrogen) atoms. The van der Waals surface area contributed by atoms with Crippen molar-refractivity contribution in [3.8, 4) is 22.7 Å². The number of nitrogens with one attached hydrogen (secondary N) is 2. The molecule has 0 bridgehead atoms. The standard InChI is InChI=1S/C22H18F4N6O3.CH2O2/c23-19-3-1-2-15(29-19)20-16(10-32(31-20)13-6-14(7-13)34-11-22(24,25)26)30-21(33)18-5-4-17(35-18)12-8-27-28-9-12;2-1-3/h1-5,8-10,13-14H,6-7,11H2,(H,27,28)(H,30,33);1H,(H,2,3)/t13-,14-;. The number of aromatic amines is 1. The van der Waals surface area contributed by atoms with Gasteiger partial charge in [0, 0.05) is 12.4 Å². The molecule has 0 unspecified atom stereocenters. The van der Waals surface area contributed by atoms with Gasteiger partial charge >= 0.3 is 6.18 Å². The minimum Gasteiger partial charge on any atom is -0.483 e. The highest BCUT2D eigenvalue weighted by Gasteiger charge is 2.37. The Kier molecular flexibility index (Phi) is 7.85. The van der Waals surface area contributed by atoms with Gasteiger partial charge in [0.15, 0.2) is 5.76 Å². The number of ether oxygens (including phenoxy) is 1. The smallest absolute Gasteiger partial charge is 0.411 e. The first-order chi connectivity index (χ1) is 18.2. The van der Waals surface area contributed by atoms with Crippen molar-refractivity contribution in [3.63, 3.8) is 0 Å². The Morgan fingerprint density at radius 3 is 2.71 bits per heavy atom. The number of carboxylic acid groups (broad SMARTS) is 1. The van der Waals surface area contributed by atoms with Crippen LogP contribution in [0.1, 0.15) is 29.4 Å². The molecule has 0 atom stereocenters. The number of alkyl halides is 3. The van der Waals surface area contributed by atoms with E-state index in [1.54, 1.807) is 18.5 Å². The molecular formula is C23H20F4N6O5. The van der Waals surface area contributed by atoms with Crippen LogP contribution >= 0.6 is 0 Å². The number of halogens is 4. The number of hydrogen-bond donors (Lipinski definition) is 3. The number of carbonyl (C=O) groups excluding carboxylic acids is 1. The van der Waals surface area contributed by atoms with Gasteiger partial charge in [-0.2, -0.15) is 27.8 Å². The molecule has 1 amide bonds. The van der Waals surface area contributed by atoms with Crippen molar-refractivity contribution in [2.24, 2.45) is 0 Å². The number of anilines is 1. The molecule has 0 aliphatic heterocycles. The molecule has 4 heterocycles. The summed E-state index contributed by atoms with van der Waals surface area (Å²) in [6, 6.07) is 7.03. The van der Waals surface area contributed by atoms with E-state index in [1.807, 2.05) is 0 Å². The summed E-state index contributed by atoms with van der Waals surface area (Å²) in [5.74, 6) is -0.839. The monoisotopic (exact) mass is 536 g/mol. The lowest BCUT2D eigenvalue weighted by atomic mass is 9.89. The predicted molar refractivity (Wildman–Crippen MR) is 122 cm³/mol. The van der Waals surface area contributed by atoms with Crippen LogP contribution in [-0.4, -0.2) is 61.3 Å². The lowest BCUT2D eigenvalue weighted by molar-refractivity contribution is -0.196. The van der Waals surface area contributed by atoms with Crippen molar-refractivity contribution in [1.29, 1.82) is 0 Å². The number of carbonyl (C=O) groups is 2. The van der Waals surface area contributed by atoms with Crippen molar-refractivity contribution in [2.75, 3.05) is 11.9 Å². The highest BCUT2D eigenvalue weighted by atomic mass is 19.4. The molecule has 200 valence electrons. The van der Waals surface area contributed by atoms with E-state index in [9.17, 15) is 22.4 Å². The van der Waals surface area contributed by atoms with Crippen LogP contribution in [-0.2, 0) is 9.53 Å². The molecule has 1 aliphatic rings. The van der Waals surface area contributed by atoms with Crippen LogP contribution in [0.4, 0.5) is 23.2 Å². The number of rotatable bonds is 7. The molecule has 0 spiro atoms. The van der Waals surface area contributed by atoms with Gasteiger partial charge in [0.1, 0.15) is 18.1 Å². The van der Waals surface area contributed by atoms with E-state index in [2.05, 4.69) is 25.6 Å². The Balaban J connectivity index is 0.00000107. The number of aromatic nitrogens is 5. The second-order valence-corrected chi connectivity index (χ2v) is 8.10. The maximum absolute atomic E-state index is 13.8. The Morgan fingerprint density at radius 1 is 1.29 bits per heavy atom. The minimum absolute atomic E-state index is 0.0244. The zero-order valence-corrected chi connectivity index (χ0v) is 19.4. The molecule has 15 heteroatoms. The van der Waals surface area contributed by atoms with E-state index >= 15 is 0 Å². The van der Waals surface area contributed by atoms with E-state index in [0.29, 0.717) is 24.2 Å². The van der Waals surface area contributed by atoms with Crippen LogP contribution in [0.3, 0.4) is 0 Å². The van der Waals surface area contributed by atoms with Gasteiger partial charge < -0.3 is 19.6 Å². The third-order valence-electron chi connectivity index (χ3n) is 5.48. The van der Waals surface area contributed by atoms with Gasteiger partial charge in [-0.15, -0.1) is 0 Å². The van der Waals surface area contributed by atoms with Crippen LogP contribution in [0.2, 0.25) is 0 Å². The average Bonchev–Trinajstić information content (AvgIpc) is 3.59. The van der Waals surface area contributed by atoms with E-state index in [4.69, 9.17) is 19.1 Å². The first-order valence-electron chi connectivity index (χ1n) is 11.1.